The Hall–Kier alpha value is -4.19. The monoisotopic (exact) mass is 618 g/mol. The molecule has 0 radical (unpaired) electrons. The number of carbonyl (C=O) groups excluding carboxylic acids is 5. The van der Waals surface area contributed by atoms with E-state index in [2.05, 4.69) is 10.3 Å². The molecule has 0 aliphatic carbocycles. The van der Waals surface area contributed by atoms with Crippen LogP contribution in [0, 0.1) is 11.8 Å². The van der Waals surface area contributed by atoms with E-state index in [1.54, 1.807) is 26.0 Å². The molecule has 0 bridgehead atoms. The number of pyridine rings is 1. The van der Waals surface area contributed by atoms with Crippen molar-refractivity contribution in [3.63, 3.8) is 0 Å². The van der Waals surface area contributed by atoms with E-state index in [4.69, 9.17) is 35.3 Å². The summed E-state index contributed by atoms with van der Waals surface area (Å²) in [6.45, 7) is 4.19. The van der Waals surface area contributed by atoms with Gasteiger partial charge in [0.15, 0.2) is 23.6 Å². The van der Waals surface area contributed by atoms with E-state index in [1.807, 2.05) is 18.2 Å². The number of esters is 4. The molecular weight excluding hydrogens is 584 g/mol. The fourth-order valence-electron chi connectivity index (χ4n) is 4.20. The number of benzene rings is 1. The number of carbonyl (C=O) groups is 5. The average molecular weight is 619 g/mol. The van der Waals surface area contributed by atoms with Gasteiger partial charge in [-0.2, -0.15) is 0 Å². The number of cyclic esters (lactones) is 2. The molecule has 1 aromatic heterocycles. The number of nitrogens with zero attached hydrogens (tertiary/aromatic N) is 1. The Morgan fingerprint density at radius 1 is 1.12 bits per heavy atom. The first-order valence-corrected chi connectivity index (χ1v) is 14.3. The number of rotatable bonds is 11. The largest absolute Gasteiger partial charge is 0.493 e. The Morgan fingerprint density at radius 2 is 1.84 bits per heavy atom. The van der Waals surface area contributed by atoms with Crippen LogP contribution in [0.2, 0.25) is 0 Å². The lowest BCUT2D eigenvalue weighted by atomic mass is 9.91. The molecule has 1 aliphatic heterocycles. The van der Waals surface area contributed by atoms with Crippen LogP contribution in [-0.4, -0.2) is 72.6 Å². The van der Waals surface area contributed by atoms with E-state index in [-0.39, 0.29) is 35.9 Å². The van der Waals surface area contributed by atoms with E-state index in [0.717, 1.165) is 5.56 Å². The van der Waals surface area contributed by atoms with Gasteiger partial charge in [-0.1, -0.05) is 44.2 Å². The second-order valence-corrected chi connectivity index (χ2v) is 10.5. The molecule has 4 atom stereocenters. The lowest BCUT2D eigenvalue weighted by Gasteiger charge is -2.29. The number of hydrogen-bond acceptors (Lipinski definition) is 11. The summed E-state index contributed by atoms with van der Waals surface area (Å²) in [7, 11) is 1.32. The van der Waals surface area contributed by atoms with Gasteiger partial charge in [-0.15, -0.1) is 11.6 Å². The van der Waals surface area contributed by atoms with Crippen LogP contribution in [0.4, 0.5) is 0 Å². The standard InChI is InChI=1S/C30H35ClN2O10/c1-17(2)28(36)43-25-18(3)41-30(38)21(16-40-29(37)20(25)15-19-9-6-5-7-10-19)33-27(35)24-26(22(39-4)12-14-32-24)42-23(34)11-8-13-31/h5-7,9-10,12,14,17-18,20-21,25H,8,11,13,15-16H2,1-4H3,(H,33,35)/t18-,20+,21-,25-/m0/s1. The predicted octanol–water partition coefficient (Wildman–Crippen LogP) is 3.03. The zero-order valence-electron chi connectivity index (χ0n) is 24.4. The maximum atomic E-state index is 13.4. The minimum Gasteiger partial charge on any atom is -0.493 e. The summed E-state index contributed by atoms with van der Waals surface area (Å²) in [5.41, 5.74) is 0.422. The maximum Gasteiger partial charge on any atom is 0.332 e. The topological polar surface area (TPSA) is 156 Å². The molecule has 0 spiro atoms. The predicted molar refractivity (Wildman–Crippen MR) is 152 cm³/mol. The van der Waals surface area contributed by atoms with Crippen LogP contribution >= 0.6 is 11.6 Å². The van der Waals surface area contributed by atoms with E-state index >= 15 is 0 Å². The minimum atomic E-state index is -1.47. The van der Waals surface area contributed by atoms with Crippen molar-refractivity contribution in [2.24, 2.45) is 11.8 Å². The average Bonchev–Trinajstić information content (AvgIpc) is 3.02. The molecule has 2 heterocycles. The molecule has 1 fully saturated rings. The summed E-state index contributed by atoms with van der Waals surface area (Å²) in [6, 6.07) is 8.96. The summed E-state index contributed by atoms with van der Waals surface area (Å²) in [5, 5.41) is 2.44. The molecule has 2 aromatic rings. The quantitative estimate of drug-likeness (QED) is 0.224. The van der Waals surface area contributed by atoms with Gasteiger partial charge in [0.1, 0.15) is 18.6 Å². The smallest absolute Gasteiger partial charge is 0.332 e. The molecule has 12 nitrogen and oxygen atoms in total. The van der Waals surface area contributed by atoms with Crippen LogP contribution in [0.15, 0.2) is 42.6 Å². The Bertz CT molecular complexity index is 1300. The zero-order valence-corrected chi connectivity index (χ0v) is 25.1. The molecule has 13 heteroatoms. The number of amides is 1. The highest BCUT2D eigenvalue weighted by Crippen LogP contribution is 2.30. The first-order valence-electron chi connectivity index (χ1n) is 13.8. The molecule has 0 saturated carbocycles. The first-order chi connectivity index (χ1) is 20.5. The molecular formula is C30H35ClN2O10. The second kappa shape index (κ2) is 15.9. The number of ether oxygens (including phenoxy) is 5. The molecule has 1 saturated heterocycles. The number of nitrogens with one attached hydrogen (secondary N) is 1. The normalized spacial score (nSPS) is 20.5. The molecule has 1 aliphatic rings. The third kappa shape index (κ3) is 9.15. The van der Waals surface area contributed by atoms with Crippen molar-refractivity contribution in [3.8, 4) is 11.5 Å². The third-order valence-corrected chi connectivity index (χ3v) is 6.77. The lowest BCUT2D eigenvalue weighted by molar-refractivity contribution is -0.176. The van der Waals surface area contributed by atoms with Crippen LogP contribution in [0.25, 0.3) is 0 Å². The van der Waals surface area contributed by atoms with E-state index < -0.39 is 66.5 Å². The van der Waals surface area contributed by atoms with Crippen molar-refractivity contribution in [3.05, 3.63) is 53.9 Å². The summed E-state index contributed by atoms with van der Waals surface area (Å²) in [6.07, 6.45) is -0.517. The lowest BCUT2D eigenvalue weighted by Crippen LogP contribution is -2.47. The van der Waals surface area contributed by atoms with E-state index in [1.165, 1.54) is 26.3 Å². The van der Waals surface area contributed by atoms with Crippen molar-refractivity contribution in [2.75, 3.05) is 19.6 Å². The number of alkyl halides is 1. The summed E-state index contributed by atoms with van der Waals surface area (Å²) >= 11 is 5.65. The highest BCUT2D eigenvalue weighted by molar-refractivity contribution is 6.17. The van der Waals surface area contributed by atoms with Crippen molar-refractivity contribution in [1.29, 1.82) is 0 Å². The number of aromatic nitrogens is 1. The van der Waals surface area contributed by atoms with Gasteiger partial charge < -0.3 is 29.0 Å². The van der Waals surface area contributed by atoms with Crippen molar-refractivity contribution in [2.45, 2.75) is 58.3 Å². The minimum absolute atomic E-state index is 0.0158. The molecule has 0 unspecified atom stereocenters. The number of hydrogen-bond donors (Lipinski definition) is 1. The van der Waals surface area contributed by atoms with Crippen molar-refractivity contribution >= 4 is 41.4 Å². The van der Waals surface area contributed by atoms with Crippen LogP contribution < -0.4 is 14.8 Å². The van der Waals surface area contributed by atoms with Crippen LogP contribution in [0.3, 0.4) is 0 Å². The zero-order chi connectivity index (χ0) is 31.5. The van der Waals surface area contributed by atoms with Gasteiger partial charge >= 0.3 is 23.9 Å². The molecule has 1 aromatic carbocycles. The maximum absolute atomic E-state index is 13.4. The fourth-order valence-corrected chi connectivity index (χ4v) is 4.34. The fraction of sp³-hybridized carbons (Fsp3) is 0.467. The van der Waals surface area contributed by atoms with Gasteiger partial charge in [-0.25, -0.2) is 9.78 Å². The van der Waals surface area contributed by atoms with Crippen LogP contribution in [0.1, 0.15) is 49.7 Å². The Labute approximate surface area is 254 Å². The first kappa shape index (κ1) is 33.3. The van der Waals surface area contributed by atoms with Gasteiger partial charge in [0.25, 0.3) is 5.91 Å². The van der Waals surface area contributed by atoms with Gasteiger partial charge in [0.05, 0.1) is 13.0 Å². The molecule has 3 rings (SSSR count). The van der Waals surface area contributed by atoms with E-state index in [9.17, 15) is 24.0 Å². The van der Waals surface area contributed by atoms with Gasteiger partial charge in [0.2, 0.25) is 5.75 Å². The number of methoxy groups -OCH3 is 1. The summed E-state index contributed by atoms with van der Waals surface area (Å²) < 4.78 is 27.3. The molecule has 232 valence electrons. The second-order valence-electron chi connectivity index (χ2n) is 10.1. The summed E-state index contributed by atoms with van der Waals surface area (Å²) in [4.78, 5) is 68.8. The number of halogens is 1. The van der Waals surface area contributed by atoms with E-state index in [0.29, 0.717) is 6.42 Å². The van der Waals surface area contributed by atoms with Crippen LogP contribution in [-0.2, 0) is 39.8 Å². The summed E-state index contributed by atoms with van der Waals surface area (Å²) in [5.74, 6) is -5.36. The van der Waals surface area contributed by atoms with Crippen molar-refractivity contribution in [1.82, 2.24) is 10.3 Å². The van der Waals surface area contributed by atoms with Gasteiger partial charge in [-0.3, -0.25) is 19.2 Å². The Balaban J connectivity index is 1.88. The van der Waals surface area contributed by atoms with Crippen LogP contribution in [0.5, 0.6) is 11.5 Å². The molecule has 1 N–H and O–H groups in total. The third-order valence-electron chi connectivity index (χ3n) is 6.50. The Kier molecular flexibility index (Phi) is 12.3. The SMILES string of the molecule is COc1ccnc(C(=O)N[C@H]2COC(=O)[C@H](Cc3ccccc3)[C@@H](OC(=O)C(C)C)[C@H](C)OC2=O)c1OC(=O)CCCCl. The van der Waals surface area contributed by atoms with Crippen molar-refractivity contribution < 1.29 is 47.7 Å². The van der Waals surface area contributed by atoms with Gasteiger partial charge in [0, 0.05) is 24.6 Å². The molecule has 43 heavy (non-hydrogen) atoms. The Morgan fingerprint density at radius 3 is 2.49 bits per heavy atom. The highest BCUT2D eigenvalue weighted by atomic mass is 35.5. The van der Waals surface area contributed by atoms with Gasteiger partial charge in [-0.05, 0) is 25.3 Å². The molecule has 1 amide bonds. The highest BCUT2D eigenvalue weighted by Gasteiger charge is 2.42.